The van der Waals surface area contributed by atoms with Crippen LogP contribution < -0.4 is 47.7 Å². The number of para-hydroxylation sites is 1. The molecule has 412 valence electrons. The maximum Gasteiger partial charge on any atom is 0.407 e. The van der Waals surface area contributed by atoms with E-state index in [2.05, 4.69) is 47.2 Å². The molecule has 6 aromatic rings. The number of carbonyl (C=O) groups excluding carboxylic acids is 7. The number of ether oxygens (including phenoxy) is 2. The Morgan fingerprint density at radius 1 is 0.658 bits per heavy atom. The summed E-state index contributed by atoms with van der Waals surface area (Å²) in [6.45, 7) is 1.70. The lowest BCUT2D eigenvalue weighted by Gasteiger charge is -2.32. The Balaban J connectivity index is 1.11. The molecule has 0 radical (unpaired) electrons. The van der Waals surface area contributed by atoms with Crippen molar-refractivity contribution in [1.29, 1.82) is 0 Å². The summed E-state index contributed by atoms with van der Waals surface area (Å²) in [5, 5.41) is 21.5. The van der Waals surface area contributed by atoms with Gasteiger partial charge >= 0.3 is 6.09 Å². The van der Waals surface area contributed by atoms with Crippen molar-refractivity contribution in [3.05, 3.63) is 168 Å². The molecule has 3 aliphatic heterocycles. The quantitative estimate of drug-likeness (QED) is 0.0718. The summed E-state index contributed by atoms with van der Waals surface area (Å²) < 4.78 is 11.8. The molecule has 0 bridgehead atoms. The highest BCUT2D eigenvalue weighted by Gasteiger charge is 2.45. The van der Waals surface area contributed by atoms with E-state index in [1.807, 2.05) is 54.6 Å². The van der Waals surface area contributed by atoms with Crippen LogP contribution >= 0.6 is 0 Å². The lowest BCUT2D eigenvalue weighted by atomic mass is 9.90. The van der Waals surface area contributed by atoms with Crippen molar-refractivity contribution < 1.29 is 43.0 Å². The zero-order valence-electron chi connectivity index (χ0n) is 43.7. The number of aromatic amines is 1. The van der Waals surface area contributed by atoms with Crippen LogP contribution in [0.25, 0.3) is 10.9 Å². The summed E-state index contributed by atoms with van der Waals surface area (Å²) in [5.74, 6) is -3.68. The number of benzene rings is 4. The van der Waals surface area contributed by atoms with Gasteiger partial charge < -0.3 is 62.3 Å². The molecule has 7 amide bonds. The molecule has 10 N–H and O–H groups in total. The Kier molecular flexibility index (Phi) is 18.6. The minimum atomic E-state index is -1.42. The Bertz CT molecular complexity index is 3050. The number of nitrogens with two attached hydrogens (primary N) is 1. The predicted molar refractivity (Wildman–Crippen MR) is 294 cm³/mol. The first-order chi connectivity index (χ1) is 38.5. The van der Waals surface area contributed by atoms with Gasteiger partial charge in [0.15, 0.2) is 0 Å². The highest BCUT2D eigenvalue weighted by molar-refractivity contribution is 5.99. The number of hydrogen-bond donors (Lipinski definition) is 9. The van der Waals surface area contributed by atoms with Gasteiger partial charge in [-0.05, 0) is 90.4 Å². The molecule has 79 heavy (non-hydrogen) atoms. The second-order valence-electron chi connectivity index (χ2n) is 20.3. The van der Waals surface area contributed by atoms with Crippen LogP contribution in [0.5, 0.6) is 5.75 Å². The molecule has 20 nitrogen and oxygen atoms in total. The van der Waals surface area contributed by atoms with Crippen molar-refractivity contribution in [2.24, 2.45) is 11.7 Å². The summed E-state index contributed by atoms with van der Waals surface area (Å²) in [6.07, 6.45) is 4.34. The number of nitrogens with one attached hydrogen (secondary N) is 8. The fraction of sp³-hybridized carbons (Fsp3) is 0.356. The van der Waals surface area contributed by atoms with Crippen molar-refractivity contribution in [3.63, 3.8) is 0 Å². The minimum Gasteiger partial charge on any atom is -0.489 e. The standard InChI is InChI=1S/C59H67N11O9/c60-23-27-63-59(77)79-44-32-51-56(74)69-52(41-13-5-2-6-14-41)57(75)67-49(31-42-34-64-46-16-8-7-15-45(42)46)55(73)66-48(29-38-21-25-61-26-22-38)53(71)65-47(28-37-17-19-43(20-18-37)78-36-39-10-3-1-4-11-39)54(72)68-50(58(76)70(51)35-44)30-40-12-9-24-62-33-40/h1-20,24,33-34,38,44,47-52,61,64H,21-23,25-32,35-36,60H2,(H,63,77)(H,65,71)(H,66,73)(H,67,75)(H,68,72)(H,69,74)/t44-,47+,48+,49-,50+,51+,52+/m1/s1. The van der Waals surface area contributed by atoms with Crippen LogP contribution in [-0.4, -0.2) is 125 Å². The normalized spacial score (nSPS) is 22.7. The van der Waals surface area contributed by atoms with Gasteiger partial charge in [0, 0.05) is 68.3 Å². The summed E-state index contributed by atoms with van der Waals surface area (Å²) in [4.78, 5) is 113. The summed E-state index contributed by atoms with van der Waals surface area (Å²) >= 11 is 0. The zero-order valence-corrected chi connectivity index (χ0v) is 43.7. The first kappa shape index (κ1) is 55.1. The molecule has 7 atom stereocenters. The molecule has 3 aliphatic rings. The lowest BCUT2D eigenvalue weighted by molar-refractivity contribution is -0.143. The maximum absolute atomic E-state index is 15.4. The van der Waals surface area contributed by atoms with Crippen LogP contribution in [0.15, 0.2) is 140 Å². The average Bonchev–Trinajstić information content (AvgIpc) is 4.19. The van der Waals surface area contributed by atoms with E-state index in [1.165, 1.54) is 4.90 Å². The number of alkyl carbamates (subject to hydrolysis) is 1. The highest BCUT2D eigenvalue weighted by Crippen LogP contribution is 2.27. The van der Waals surface area contributed by atoms with Gasteiger partial charge in [0.25, 0.3) is 0 Å². The van der Waals surface area contributed by atoms with E-state index in [0.717, 1.165) is 29.3 Å². The molecule has 3 fully saturated rings. The summed E-state index contributed by atoms with van der Waals surface area (Å²) in [6, 6.07) is 28.3. The number of nitrogens with zero attached hydrogens (tertiary/aromatic N) is 2. The van der Waals surface area contributed by atoms with Crippen LogP contribution in [0.2, 0.25) is 0 Å². The number of carbonyl (C=O) groups is 7. The third-order valence-corrected chi connectivity index (χ3v) is 14.6. The monoisotopic (exact) mass is 1070 g/mol. The number of amides is 7. The largest absolute Gasteiger partial charge is 0.489 e. The van der Waals surface area contributed by atoms with Gasteiger partial charge in [0.1, 0.15) is 54.7 Å². The van der Waals surface area contributed by atoms with Crippen LogP contribution in [0, 0.1) is 5.92 Å². The Morgan fingerprint density at radius 3 is 2.04 bits per heavy atom. The molecule has 20 heteroatoms. The molecular weight excluding hydrogens is 1010 g/mol. The van der Waals surface area contributed by atoms with Gasteiger partial charge in [0.05, 0.1) is 6.54 Å². The molecule has 2 aromatic heterocycles. The number of hydrogen-bond acceptors (Lipinski definition) is 12. The van der Waals surface area contributed by atoms with E-state index in [0.29, 0.717) is 47.7 Å². The van der Waals surface area contributed by atoms with Crippen LogP contribution in [0.3, 0.4) is 0 Å². The maximum atomic E-state index is 15.4. The lowest BCUT2D eigenvalue weighted by Crippen LogP contribution is -2.61. The number of rotatable bonds is 15. The van der Waals surface area contributed by atoms with Crippen LogP contribution in [-0.2, 0) is 59.4 Å². The van der Waals surface area contributed by atoms with E-state index in [9.17, 15) is 4.79 Å². The van der Waals surface area contributed by atoms with Gasteiger partial charge in [-0.2, -0.15) is 0 Å². The van der Waals surface area contributed by atoms with E-state index in [1.54, 1.807) is 85.3 Å². The average molecular weight is 1070 g/mol. The molecule has 0 aliphatic carbocycles. The van der Waals surface area contributed by atoms with E-state index in [-0.39, 0.29) is 57.7 Å². The molecule has 0 saturated carbocycles. The first-order valence-electron chi connectivity index (χ1n) is 26.9. The first-order valence-corrected chi connectivity index (χ1v) is 26.9. The summed E-state index contributed by atoms with van der Waals surface area (Å²) in [7, 11) is 0. The van der Waals surface area contributed by atoms with Crippen molar-refractivity contribution in [1.82, 2.24) is 52.1 Å². The zero-order chi connectivity index (χ0) is 55.1. The Morgan fingerprint density at radius 2 is 1.30 bits per heavy atom. The SMILES string of the molecule is NCCNC(=O)O[C@@H]1C[C@H]2C(=O)N[C@@H](c3ccccc3)C(=O)N[C@H](Cc3c[nH]c4ccccc34)C(=O)N[C@@H](CC3CCNCC3)C(=O)N[C@@H](Cc3ccc(OCc4ccccc4)cc3)C(=O)N[C@@H](Cc3cccnc3)C(=O)N2C1. The van der Waals surface area contributed by atoms with Crippen LogP contribution in [0.4, 0.5) is 4.79 Å². The van der Waals surface area contributed by atoms with Crippen molar-refractivity contribution in [3.8, 4) is 5.75 Å². The van der Waals surface area contributed by atoms with Crippen LogP contribution in [0.1, 0.15) is 59.5 Å². The van der Waals surface area contributed by atoms with Crippen molar-refractivity contribution in [2.45, 2.75) is 93.9 Å². The minimum absolute atomic E-state index is 0.000343. The van der Waals surface area contributed by atoms with Gasteiger partial charge in [-0.3, -0.25) is 33.8 Å². The number of pyridine rings is 1. The molecule has 4 aromatic carbocycles. The molecule has 5 heterocycles. The third-order valence-electron chi connectivity index (χ3n) is 14.6. The second kappa shape index (κ2) is 26.6. The predicted octanol–water partition coefficient (Wildman–Crippen LogP) is 3.02. The Hall–Kier alpha value is -8.62. The molecule has 9 rings (SSSR count). The summed E-state index contributed by atoms with van der Waals surface area (Å²) in [5.41, 5.74) is 9.69. The second-order valence-corrected chi connectivity index (χ2v) is 20.3. The number of H-pyrrole nitrogens is 1. The van der Waals surface area contributed by atoms with Gasteiger partial charge in [-0.25, -0.2) is 4.79 Å². The van der Waals surface area contributed by atoms with Crippen molar-refractivity contribution in [2.75, 3.05) is 32.7 Å². The molecule has 0 spiro atoms. The van der Waals surface area contributed by atoms with E-state index in [4.69, 9.17) is 15.2 Å². The Labute approximate surface area is 457 Å². The van der Waals surface area contributed by atoms with Gasteiger partial charge in [-0.1, -0.05) is 97.1 Å². The molecule has 3 saturated heterocycles. The topological polar surface area (TPSA) is 280 Å². The van der Waals surface area contributed by atoms with E-state index >= 15 is 28.8 Å². The smallest absolute Gasteiger partial charge is 0.407 e. The highest BCUT2D eigenvalue weighted by atomic mass is 16.6. The molecule has 0 unspecified atom stereocenters. The van der Waals surface area contributed by atoms with Crippen molar-refractivity contribution >= 4 is 52.4 Å². The van der Waals surface area contributed by atoms with E-state index < -0.39 is 83.9 Å². The fourth-order valence-electron chi connectivity index (χ4n) is 10.5. The number of piperidine rings is 1. The number of aromatic nitrogens is 2. The van der Waals surface area contributed by atoms with Gasteiger partial charge in [0.2, 0.25) is 35.4 Å². The third kappa shape index (κ3) is 14.7. The van der Waals surface area contributed by atoms with Gasteiger partial charge in [-0.15, -0.1) is 0 Å². The fourth-order valence-corrected chi connectivity index (χ4v) is 10.5. The number of fused-ring (bicyclic) bond motifs is 2. The molecular formula is C59H67N11O9.